The number of hydrogen-bond acceptors (Lipinski definition) is 5. The number of non-ortho nitro benzene ring substituents is 1. The maximum Gasteiger partial charge on any atom is 0.295 e. The molecule has 24 heavy (non-hydrogen) atoms. The summed E-state index contributed by atoms with van der Waals surface area (Å²) >= 11 is 3.26. The maximum atomic E-state index is 12.0. The van der Waals surface area contributed by atoms with Crippen LogP contribution in [-0.2, 0) is 0 Å². The molecule has 0 radical (unpaired) electrons. The van der Waals surface area contributed by atoms with E-state index in [1.54, 1.807) is 24.3 Å². The van der Waals surface area contributed by atoms with Crippen LogP contribution in [0.5, 0.6) is 5.88 Å². The molecule has 3 aromatic rings. The smallest absolute Gasteiger partial charge is 0.295 e. The van der Waals surface area contributed by atoms with Gasteiger partial charge in [0.05, 0.1) is 10.4 Å². The van der Waals surface area contributed by atoms with Crippen molar-refractivity contribution in [1.82, 2.24) is 4.98 Å². The van der Waals surface area contributed by atoms with Gasteiger partial charge < -0.3 is 10.1 Å². The van der Waals surface area contributed by atoms with E-state index in [0.29, 0.717) is 16.5 Å². The van der Waals surface area contributed by atoms with Crippen molar-refractivity contribution in [3.05, 3.63) is 62.6 Å². The Morgan fingerprint density at radius 2 is 1.92 bits per heavy atom. The maximum absolute atomic E-state index is 12.0. The summed E-state index contributed by atoms with van der Waals surface area (Å²) in [6, 6.07) is 10.5. The number of rotatable bonds is 3. The predicted octanol–water partition coefficient (Wildman–Crippen LogP) is 4.47. The Hall–Kier alpha value is -3.07. The first-order valence-electron chi connectivity index (χ1n) is 6.66. The van der Waals surface area contributed by atoms with Gasteiger partial charge in [-0.3, -0.25) is 14.9 Å². The molecule has 0 unspecified atom stereocenters. The molecule has 9 heteroatoms. The number of aromatic nitrogens is 1. The molecule has 120 valence electrons. The molecule has 1 aromatic heterocycles. The third kappa shape index (κ3) is 3.01. The van der Waals surface area contributed by atoms with Crippen LogP contribution in [0.15, 0.2) is 57.2 Å². The molecule has 0 atom stereocenters. The minimum Gasteiger partial charge on any atom is -0.493 e. The highest BCUT2D eigenvalue weighted by Gasteiger charge is 2.15. The Balaban J connectivity index is 1.98. The van der Waals surface area contributed by atoms with E-state index in [0.717, 1.165) is 4.47 Å². The third-order valence-electron chi connectivity index (χ3n) is 3.28. The van der Waals surface area contributed by atoms with E-state index < -0.39 is 10.8 Å². The van der Waals surface area contributed by atoms with Crippen LogP contribution in [0.25, 0.3) is 10.9 Å². The molecule has 0 saturated heterocycles. The molecule has 1 amide bonds. The van der Waals surface area contributed by atoms with E-state index in [9.17, 15) is 20.0 Å². The van der Waals surface area contributed by atoms with Gasteiger partial charge in [-0.2, -0.15) is 0 Å². The number of halogens is 1. The van der Waals surface area contributed by atoms with Gasteiger partial charge in [-0.15, -0.1) is 10.2 Å². The number of nitrogens with zero attached hydrogens (tertiary/aromatic N) is 3. The molecular formula is C15H9BrN4O4. The second kappa shape index (κ2) is 6.20. The highest BCUT2D eigenvalue weighted by molar-refractivity contribution is 9.10. The summed E-state index contributed by atoms with van der Waals surface area (Å²) < 4.78 is 0.817. The highest BCUT2D eigenvalue weighted by Crippen LogP contribution is 2.37. The van der Waals surface area contributed by atoms with Crippen LogP contribution in [0.4, 0.5) is 11.4 Å². The Kier molecular flexibility index (Phi) is 4.09. The standard InChI is InChI=1S/C15H9BrN4O4/c16-9-3-1-8(2-4-9)14(21)19-18-13-11-7-10(20(23)24)5-6-12(11)17-15(13)22/h1-7,17,22H. The molecule has 8 nitrogen and oxygen atoms in total. The topological polar surface area (TPSA) is 121 Å². The lowest BCUT2D eigenvalue weighted by Gasteiger charge is -1.95. The molecule has 0 saturated carbocycles. The zero-order valence-electron chi connectivity index (χ0n) is 11.9. The summed E-state index contributed by atoms with van der Waals surface area (Å²) in [5.41, 5.74) is 0.590. The number of carbonyl (C=O) groups is 1. The summed E-state index contributed by atoms with van der Waals surface area (Å²) in [5, 5.41) is 28.4. The largest absolute Gasteiger partial charge is 0.493 e. The molecular weight excluding hydrogens is 380 g/mol. The van der Waals surface area contributed by atoms with Crippen LogP contribution < -0.4 is 0 Å². The normalized spacial score (nSPS) is 11.2. The van der Waals surface area contributed by atoms with Gasteiger partial charge >= 0.3 is 0 Å². The summed E-state index contributed by atoms with van der Waals surface area (Å²) in [5.74, 6) is -0.917. The van der Waals surface area contributed by atoms with Crippen LogP contribution in [0.2, 0.25) is 0 Å². The van der Waals surface area contributed by atoms with E-state index in [4.69, 9.17) is 0 Å². The molecule has 2 N–H and O–H groups in total. The van der Waals surface area contributed by atoms with Crippen molar-refractivity contribution in [2.45, 2.75) is 0 Å². The van der Waals surface area contributed by atoms with Crippen molar-refractivity contribution in [1.29, 1.82) is 0 Å². The Morgan fingerprint density at radius 1 is 1.21 bits per heavy atom. The van der Waals surface area contributed by atoms with Gasteiger partial charge in [0.2, 0.25) is 5.88 Å². The number of hydrogen-bond donors (Lipinski definition) is 2. The minimum absolute atomic E-state index is 0.0286. The highest BCUT2D eigenvalue weighted by atomic mass is 79.9. The SMILES string of the molecule is O=C(N=Nc1c(O)[nH]c2ccc([N+](=O)[O-])cc12)c1ccc(Br)cc1. The zero-order chi connectivity index (χ0) is 17.3. The number of carbonyl (C=O) groups excluding carboxylic acids is 1. The molecule has 0 fully saturated rings. The van der Waals surface area contributed by atoms with Gasteiger partial charge in [0.15, 0.2) is 5.69 Å². The van der Waals surface area contributed by atoms with Crippen molar-refractivity contribution in [2.75, 3.05) is 0 Å². The molecule has 0 bridgehead atoms. The summed E-state index contributed by atoms with van der Waals surface area (Å²) in [6.07, 6.45) is 0. The second-order valence-corrected chi connectivity index (χ2v) is 5.74. The van der Waals surface area contributed by atoms with Crippen molar-refractivity contribution in [2.24, 2.45) is 10.2 Å². The average Bonchev–Trinajstić information content (AvgIpc) is 2.87. The first-order chi connectivity index (χ1) is 11.5. The molecule has 0 spiro atoms. The van der Waals surface area contributed by atoms with E-state index in [1.165, 1.54) is 18.2 Å². The van der Waals surface area contributed by atoms with Crippen molar-refractivity contribution >= 4 is 44.1 Å². The van der Waals surface area contributed by atoms with Crippen molar-refractivity contribution < 1.29 is 14.8 Å². The number of benzene rings is 2. The van der Waals surface area contributed by atoms with Gasteiger partial charge in [-0.25, -0.2) is 0 Å². The number of amides is 1. The summed E-state index contributed by atoms with van der Waals surface area (Å²) in [6.45, 7) is 0. The fourth-order valence-electron chi connectivity index (χ4n) is 2.11. The first-order valence-corrected chi connectivity index (χ1v) is 7.46. The monoisotopic (exact) mass is 388 g/mol. The zero-order valence-corrected chi connectivity index (χ0v) is 13.5. The Bertz CT molecular complexity index is 979. The predicted molar refractivity (Wildman–Crippen MR) is 89.6 cm³/mol. The number of azo groups is 1. The number of aromatic hydroxyl groups is 1. The quantitative estimate of drug-likeness (QED) is 0.390. The minimum atomic E-state index is -0.596. The van der Waals surface area contributed by atoms with E-state index >= 15 is 0 Å². The number of H-pyrrole nitrogens is 1. The van der Waals surface area contributed by atoms with Crippen LogP contribution in [0.1, 0.15) is 10.4 Å². The number of fused-ring (bicyclic) bond motifs is 1. The van der Waals surface area contributed by atoms with Crippen LogP contribution in [0, 0.1) is 10.1 Å². The second-order valence-electron chi connectivity index (χ2n) is 4.82. The van der Waals surface area contributed by atoms with E-state index in [-0.39, 0.29) is 17.3 Å². The number of aromatic amines is 1. The van der Waals surface area contributed by atoms with Crippen LogP contribution >= 0.6 is 15.9 Å². The third-order valence-corrected chi connectivity index (χ3v) is 3.81. The van der Waals surface area contributed by atoms with Gasteiger partial charge in [-0.1, -0.05) is 15.9 Å². The molecule has 1 heterocycles. The average molecular weight is 389 g/mol. The molecule has 0 aliphatic heterocycles. The number of nitrogens with one attached hydrogen (secondary N) is 1. The van der Waals surface area contributed by atoms with E-state index in [1.807, 2.05) is 0 Å². The lowest BCUT2D eigenvalue weighted by Crippen LogP contribution is -1.92. The first kappa shape index (κ1) is 15.8. The van der Waals surface area contributed by atoms with Gasteiger partial charge in [0.25, 0.3) is 11.6 Å². The van der Waals surface area contributed by atoms with Crippen molar-refractivity contribution in [3.8, 4) is 5.88 Å². The molecule has 3 rings (SSSR count). The lowest BCUT2D eigenvalue weighted by atomic mass is 10.2. The van der Waals surface area contributed by atoms with Crippen molar-refractivity contribution in [3.63, 3.8) is 0 Å². The van der Waals surface area contributed by atoms with E-state index in [2.05, 4.69) is 31.1 Å². The van der Waals surface area contributed by atoms with Crippen LogP contribution in [-0.4, -0.2) is 20.9 Å². The number of nitro benzene ring substituents is 1. The number of nitro groups is 1. The Morgan fingerprint density at radius 3 is 2.58 bits per heavy atom. The molecule has 0 aliphatic rings. The molecule has 0 aliphatic carbocycles. The van der Waals surface area contributed by atoms with Gasteiger partial charge in [0, 0.05) is 27.6 Å². The summed E-state index contributed by atoms with van der Waals surface area (Å²) in [7, 11) is 0. The fourth-order valence-corrected chi connectivity index (χ4v) is 2.38. The molecule has 2 aromatic carbocycles. The van der Waals surface area contributed by atoms with Crippen LogP contribution in [0.3, 0.4) is 0 Å². The van der Waals surface area contributed by atoms with Gasteiger partial charge in [-0.05, 0) is 30.3 Å². The summed E-state index contributed by atoms with van der Waals surface area (Å²) in [4.78, 5) is 24.9. The lowest BCUT2D eigenvalue weighted by molar-refractivity contribution is -0.384. The fraction of sp³-hybridized carbons (Fsp3) is 0. The Labute approximate surface area is 143 Å². The van der Waals surface area contributed by atoms with Gasteiger partial charge in [0.1, 0.15) is 0 Å².